The van der Waals surface area contributed by atoms with E-state index in [9.17, 15) is 0 Å². The average molecular weight is 337 g/mol. The van der Waals surface area contributed by atoms with E-state index in [0.717, 1.165) is 5.17 Å². The molecule has 1 aliphatic heterocycles. The molecule has 0 fully saturated rings. The lowest BCUT2D eigenvalue weighted by molar-refractivity contribution is 0.546. The monoisotopic (exact) mass is 336 g/mol. The SMILES string of the molecule is CC1(C)N=C(Nc2c(Cl)cccc2Cl)Sc2ccccc21. The van der Waals surface area contributed by atoms with Crippen molar-refractivity contribution in [1.29, 1.82) is 0 Å². The Morgan fingerprint density at radius 3 is 2.38 bits per heavy atom. The zero-order chi connectivity index (χ0) is 15.0. The molecular formula is C16H14Cl2N2S. The van der Waals surface area contributed by atoms with E-state index in [1.54, 1.807) is 11.8 Å². The molecule has 0 saturated heterocycles. The molecule has 5 heteroatoms. The first-order valence-corrected chi connectivity index (χ1v) is 8.13. The number of aliphatic imine (C=N–C) groups is 1. The van der Waals surface area contributed by atoms with E-state index in [2.05, 4.69) is 31.3 Å². The number of halogens is 2. The van der Waals surface area contributed by atoms with Crippen molar-refractivity contribution in [1.82, 2.24) is 0 Å². The zero-order valence-corrected chi connectivity index (χ0v) is 14.0. The van der Waals surface area contributed by atoms with E-state index >= 15 is 0 Å². The van der Waals surface area contributed by atoms with Crippen LogP contribution in [-0.2, 0) is 5.54 Å². The van der Waals surface area contributed by atoms with E-state index in [1.165, 1.54) is 10.5 Å². The molecule has 1 aliphatic rings. The number of thioether (sulfide) groups is 1. The highest BCUT2D eigenvalue weighted by Gasteiger charge is 2.29. The minimum Gasteiger partial charge on any atom is -0.332 e. The van der Waals surface area contributed by atoms with Gasteiger partial charge < -0.3 is 5.32 Å². The highest BCUT2D eigenvalue weighted by molar-refractivity contribution is 8.14. The third-order valence-corrected chi connectivity index (χ3v) is 4.92. The lowest BCUT2D eigenvalue weighted by atomic mass is 9.95. The van der Waals surface area contributed by atoms with Crippen LogP contribution in [-0.4, -0.2) is 5.17 Å². The van der Waals surface area contributed by atoms with Crippen molar-refractivity contribution in [2.24, 2.45) is 4.99 Å². The van der Waals surface area contributed by atoms with Crippen molar-refractivity contribution in [3.05, 3.63) is 58.1 Å². The second-order valence-corrected chi connectivity index (χ2v) is 7.14. The van der Waals surface area contributed by atoms with Crippen LogP contribution in [0.3, 0.4) is 0 Å². The van der Waals surface area contributed by atoms with Gasteiger partial charge in [0.25, 0.3) is 0 Å². The van der Waals surface area contributed by atoms with Crippen LogP contribution in [0.15, 0.2) is 52.4 Å². The van der Waals surface area contributed by atoms with E-state index in [1.807, 2.05) is 30.3 Å². The summed E-state index contributed by atoms with van der Waals surface area (Å²) in [7, 11) is 0. The number of para-hydroxylation sites is 1. The molecule has 108 valence electrons. The number of nitrogens with one attached hydrogen (secondary N) is 1. The zero-order valence-electron chi connectivity index (χ0n) is 11.7. The van der Waals surface area contributed by atoms with Gasteiger partial charge in [0.1, 0.15) is 0 Å². The van der Waals surface area contributed by atoms with Gasteiger partial charge in [-0.25, -0.2) is 0 Å². The van der Waals surface area contributed by atoms with Crippen molar-refractivity contribution in [2.45, 2.75) is 24.3 Å². The Bertz CT molecular complexity index is 706. The van der Waals surface area contributed by atoms with Gasteiger partial charge in [-0.2, -0.15) is 0 Å². The maximum absolute atomic E-state index is 6.21. The normalized spacial score (nSPS) is 16.1. The van der Waals surface area contributed by atoms with Gasteiger partial charge in [-0.05, 0) is 37.6 Å². The smallest absolute Gasteiger partial charge is 0.166 e. The van der Waals surface area contributed by atoms with Gasteiger partial charge in [0.05, 0.1) is 21.3 Å². The van der Waals surface area contributed by atoms with Crippen LogP contribution < -0.4 is 5.32 Å². The highest BCUT2D eigenvalue weighted by Crippen LogP contribution is 2.41. The Labute approximate surface area is 138 Å². The van der Waals surface area contributed by atoms with Gasteiger partial charge >= 0.3 is 0 Å². The molecule has 0 atom stereocenters. The van der Waals surface area contributed by atoms with E-state index in [0.29, 0.717) is 15.7 Å². The Kier molecular flexibility index (Phi) is 3.91. The third-order valence-electron chi connectivity index (χ3n) is 3.33. The molecular weight excluding hydrogens is 323 g/mol. The number of rotatable bonds is 1. The van der Waals surface area contributed by atoms with Gasteiger partial charge in [0.15, 0.2) is 5.17 Å². The van der Waals surface area contributed by atoms with Crippen molar-refractivity contribution in [3.8, 4) is 0 Å². The maximum Gasteiger partial charge on any atom is 0.166 e. The van der Waals surface area contributed by atoms with Gasteiger partial charge in [0, 0.05) is 4.90 Å². The van der Waals surface area contributed by atoms with Crippen molar-refractivity contribution in [3.63, 3.8) is 0 Å². The third kappa shape index (κ3) is 2.91. The molecule has 2 aromatic carbocycles. The highest BCUT2D eigenvalue weighted by atomic mass is 35.5. The molecule has 2 aromatic rings. The summed E-state index contributed by atoms with van der Waals surface area (Å²) in [5, 5.41) is 5.23. The summed E-state index contributed by atoms with van der Waals surface area (Å²) >= 11 is 14.0. The molecule has 2 nitrogen and oxygen atoms in total. The minimum absolute atomic E-state index is 0.280. The Morgan fingerprint density at radius 1 is 1.00 bits per heavy atom. The topological polar surface area (TPSA) is 24.4 Å². The van der Waals surface area contributed by atoms with Gasteiger partial charge in [-0.15, -0.1) is 0 Å². The summed E-state index contributed by atoms with van der Waals surface area (Å²) in [6.07, 6.45) is 0. The van der Waals surface area contributed by atoms with Crippen LogP contribution >= 0.6 is 35.0 Å². The first kappa shape index (κ1) is 14.8. The number of benzene rings is 2. The number of amidine groups is 1. The number of hydrogen-bond donors (Lipinski definition) is 1. The van der Waals surface area contributed by atoms with Gasteiger partial charge in [0.2, 0.25) is 0 Å². The molecule has 1 N–H and O–H groups in total. The molecule has 0 amide bonds. The molecule has 0 aromatic heterocycles. The quantitative estimate of drug-likeness (QED) is 0.711. The molecule has 0 unspecified atom stereocenters. The molecule has 0 radical (unpaired) electrons. The first-order chi connectivity index (χ1) is 9.97. The summed E-state index contributed by atoms with van der Waals surface area (Å²) in [6, 6.07) is 13.7. The van der Waals surface area contributed by atoms with Crippen LogP contribution in [0.5, 0.6) is 0 Å². The first-order valence-electron chi connectivity index (χ1n) is 6.55. The summed E-state index contributed by atoms with van der Waals surface area (Å²) in [5.41, 5.74) is 1.64. The fourth-order valence-corrected chi connectivity index (χ4v) is 3.98. The average Bonchev–Trinajstić information content (AvgIpc) is 2.42. The second-order valence-electron chi connectivity index (χ2n) is 5.30. The lowest BCUT2D eigenvalue weighted by Crippen LogP contribution is -2.24. The van der Waals surface area contributed by atoms with Crippen molar-refractivity contribution >= 4 is 45.8 Å². The van der Waals surface area contributed by atoms with Crippen LogP contribution in [0.1, 0.15) is 19.4 Å². The molecule has 0 spiro atoms. The predicted octanol–water partition coefficient (Wildman–Crippen LogP) is 5.80. The fraction of sp³-hybridized carbons (Fsp3) is 0.188. The van der Waals surface area contributed by atoms with E-state index < -0.39 is 0 Å². The summed E-state index contributed by atoms with van der Waals surface area (Å²) in [6.45, 7) is 4.20. The molecule has 0 aliphatic carbocycles. The molecule has 21 heavy (non-hydrogen) atoms. The predicted molar refractivity (Wildman–Crippen MR) is 92.8 cm³/mol. The van der Waals surface area contributed by atoms with Crippen molar-refractivity contribution < 1.29 is 0 Å². The van der Waals surface area contributed by atoms with Gasteiger partial charge in [-0.1, -0.05) is 59.2 Å². The van der Waals surface area contributed by atoms with Crippen LogP contribution in [0.4, 0.5) is 5.69 Å². The molecule has 3 rings (SSSR count). The number of anilines is 1. The van der Waals surface area contributed by atoms with Crippen LogP contribution in [0.2, 0.25) is 10.0 Å². The maximum atomic E-state index is 6.21. The Morgan fingerprint density at radius 2 is 1.67 bits per heavy atom. The summed E-state index contributed by atoms with van der Waals surface area (Å²) in [5.74, 6) is 0. The Hall–Kier alpha value is -1.16. The van der Waals surface area contributed by atoms with E-state index in [-0.39, 0.29) is 5.54 Å². The number of fused-ring (bicyclic) bond motifs is 1. The lowest BCUT2D eigenvalue weighted by Gasteiger charge is -2.29. The van der Waals surface area contributed by atoms with Crippen LogP contribution in [0, 0.1) is 0 Å². The molecule has 1 heterocycles. The number of nitrogens with zero attached hydrogens (tertiary/aromatic N) is 1. The summed E-state index contributed by atoms with van der Waals surface area (Å²) in [4.78, 5) is 5.98. The Balaban J connectivity index is 1.97. The van der Waals surface area contributed by atoms with Crippen molar-refractivity contribution in [2.75, 3.05) is 5.32 Å². The summed E-state index contributed by atoms with van der Waals surface area (Å²) < 4.78 is 0. The second kappa shape index (κ2) is 5.56. The van der Waals surface area contributed by atoms with Gasteiger partial charge in [-0.3, -0.25) is 4.99 Å². The number of hydrogen-bond acceptors (Lipinski definition) is 3. The molecule has 0 bridgehead atoms. The van der Waals surface area contributed by atoms with E-state index in [4.69, 9.17) is 28.2 Å². The largest absolute Gasteiger partial charge is 0.332 e. The molecule has 0 saturated carbocycles. The standard InChI is InChI=1S/C16H14Cl2N2S/c1-16(2)10-6-3-4-9-13(10)21-15(20-16)19-14-11(17)7-5-8-12(14)18/h3-9H,1-2H3,(H,19,20). The fourth-order valence-electron chi connectivity index (χ4n) is 2.28. The van der Waals surface area contributed by atoms with Crippen LogP contribution in [0.25, 0.3) is 0 Å². The minimum atomic E-state index is -0.280.